The lowest BCUT2D eigenvalue weighted by Gasteiger charge is -2.00. The molecule has 0 aliphatic heterocycles. The van der Waals surface area contributed by atoms with Gasteiger partial charge in [-0.15, -0.1) is 0 Å². The smallest absolute Gasteiger partial charge is 0.187 e. The highest BCUT2D eigenvalue weighted by Gasteiger charge is 1.98. The lowest BCUT2D eigenvalue weighted by molar-refractivity contribution is 0.104. The second-order valence-electron chi connectivity index (χ2n) is 3.87. The van der Waals surface area contributed by atoms with Gasteiger partial charge in [-0.05, 0) is 19.1 Å². The number of nitrogens with one attached hydrogen (secondary N) is 1. The van der Waals surface area contributed by atoms with Crippen LogP contribution in [0.3, 0.4) is 0 Å². The van der Waals surface area contributed by atoms with Gasteiger partial charge in [0.15, 0.2) is 5.78 Å². The van der Waals surface area contributed by atoms with E-state index in [1.54, 1.807) is 18.3 Å². The first kappa shape index (κ1) is 12.0. The minimum atomic E-state index is -0.0317. The number of hydrogen-bond donors (Lipinski definition) is 1. The normalized spacial score (nSPS) is 10.5. The van der Waals surface area contributed by atoms with Crippen molar-refractivity contribution in [3.05, 3.63) is 72.1 Å². The highest BCUT2D eigenvalue weighted by atomic mass is 16.1. The number of carbonyl (C=O) groups is 1. The first-order chi connectivity index (χ1) is 8.75. The van der Waals surface area contributed by atoms with Gasteiger partial charge in [0.1, 0.15) is 5.82 Å². The molecule has 1 aromatic heterocycles. The van der Waals surface area contributed by atoms with Crippen LogP contribution in [0.2, 0.25) is 0 Å². The molecular formula is C15H14N2O. The maximum Gasteiger partial charge on any atom is 0.187 e. The maximum absolute atomic E-state index is 11.8. The molecule has 3 heteroatoms. The minimum Gasteiger partial charge on any atom is -0.347 e. The largest absolute Gasteiger partial charge is 0.347 e. The summed E-state index contributed by atoms with van der Waals surface area (Å²) in [6.07, 6.45) is 3.11. The summed E-state index contributed by atoms with van der Waals surface area (Å²) in [4.78, 5) is 16.0. The average molecular weight is 238 g/mol. The number of hydrogen-bond acceptors (Lipinski definition) is 3. The van der Waals surface area contributed by atoms with Gasteiger partial charge in [-0.2, -0.15) is 0 Å². The van der Waals surface area contributed by atoms with Crippen molar-refractivity contribution in [1.29, 1.82) is 0 Å². The van der Waals surface area contributed by atoms with Gasteiger partial charge in [0.2, 0.25) is 0 Å². The van der Waals surface area contributed by atoms with E-state index in [0.717, 1.165) is 11.5 Å². The SMILES string of the molecule is Cc1cccc(NC=CC(=O)c2ccccc2)n1. The van der Waals surface area contributed by atoms with Crippen molar-refractivity contribution in [3.8, 4) is 0 Å². The molecule has 18 heavy (non-hydrogen) atoms. The van der Waals surface area contributed by atoms with Crippen LogP contribution in [0.1, 0.15) is 16.1 Å². The number of rotatable bonds is 4. The van der Waals surface area contributed by atoms with Crippen LogP contribution in [0, 0.1) is 6.92 Å². The Labute approximate surface area is 106 Å². The lowest BCUT2D eigenvalue weighted by Crippen LogP contribution is -1.97. The molecule has 1 N–H and O–H groups in total. The monoisotopic (exact) mass is 238 g/mol. The van der Waals surface area contributed by atoms with E-state index in [0.29, 0.717) is 5.56 Å². The third-order valence-corrected chi connectivity index (χ3v) is 2.41. The molecule has 0 unspecified atom stereocenters. The first-order valence-electron chi connectivity index (χ1n) is 5.72. The molecule has 0 fully saturated rings. The third kappa shape index (κ3) is 3.28. The van der Waals surface area contributed by atoms with Gasteiger partial charge in [0.05, 0.1) is 0 Å². The summed E-state index contributed by atoms with van der Waals surface area (Å²) in [5.74, 6) is 0.697. The van der Waals surface area contributed by atoms with Crippen LogP contribution < -0.4 is 5.32 Å². The molecular weight excluding hydrogens is 224 g/mol. The zero-order chi connectivity index (χ0) is 12.8. The van der Waals surface area contributed by atoms with Crippen molar-refractivity contribution >= 4 is 11.6 Å². The second-order valence-corrected chi connectivity index (χ2v) is 3.87. The fraction of sp³-hybridized carbons (Fsp3) is 0.0667. The van der Waals surface area contributed by atoms with Crippen LogP contribution in [0.4, 0.5) is 5.82 Å². The van der Waals surface area contributed by atoms with Crippen LogP contribution in [-0.4, -0.2) is 10.8 Å². The molecule has 1 heterocycles. The number of ketones is 1. The first-order valence-corrected chi connectivity index (χ1v) is 5.72. The van der Waals surface area contributed by atoms with Gasteiger partial charge in [-0.3, -0.25) is 4.79 Å². The topological polar surface area (TPSA) is 42.0 Å². The Hall–Kier alpha value is -2.42. The van der Waals surface area contributed by atoms with E-state index < -0.39 is 0 Å². The maximum atomic E-state index is 11.8. The molecule has 0 aliphatic rings. The number of aryl methyl sites for hydroxylation is 1. The highest BCUT2D eigenvalue weighted by molar-refractivity contribution is 6.04. The summed E-state index contributed by atoms with van der Waals surface area (Å²) in [6.45, 7) is 1.92. The van der Waals surface area contributed by atoms with Crippen LogP contribution in [0.25, 0.3) is 0 Å². The zero-order valence-corrected chi connectivity index (χ0v) is 10.1. The number of allylic oxidation sites excluding steroid dienone is 1. The van der Waals surface area contributed by atoms with E-state index in [9.17, 15) is 4.79 Å². The predicted molar refractivity (Wildman–Crippen MR) is 72.5 cm³/mol. The number of nitrogens with zero attached hydrogens (tertiary/aromatic N) is 1. The van der Waals surface area contributed by atoms with E-state index in [1.807, 2.05) is 43.3 Å². The Morgan fingerprint density at radius 1 is 1.11 bits per heavy atom. The van der Waals surface area contributed by atoms with Gasteiger partial charge in [-0.1, -0.05) is 36.4 Å². The Kier molecular flexibility index (Phi) is 3.86. The van der Waals surface area contributed by atoms with Crippen molar-refractivity contribution in [2.75, 3.05) is 5.32 Å². The molecule has 0 saturated heterocycles. The summed E-state index contributed by atoms with van der Waals surface area (Å²) >= 11 is 0. The van der Waals surface area contributed by atoms with Crippen molar-refractivity contribution in [2.45, 2.75) is 6.92 Å². The summed E-state index contributed by atoms with van der Waals surface area (Å²) < 4.78 is 0. The predicted octanol–water partition coefficient (Wildman–Crippen LogP) is 3.20. The molecule has 0 saturated carbocycles. The van der Waals surface area contributed by atoms with E-state index in [4.69, 9.17) is 0 Å². The number of pyridine rings is 1. The van der Waals surface area contributed by atoms with Crippen LogP contribution in [0.15, 0.2) is 60.8 Å². The molecule has 0 spiro atoms. The van der Waals surface area contributed by atoms with Crippen molar-refractivity contribution in [3.63, 3.8) is 0 Å². The molecule has 0 aliphatic carbocycles. The van der Waals surface area contributed by atoms with Crippen LogP contribution >= 0.6 is 0 Å². The van der Waals surface area contributed by atoms with Crippen LogP contribution in [0.5, 0.6) is 0 Å². The van der Waals surface area contributed by atoms with Gasteiger partial charge in [-0.25, -0.2) is 4.98 Å². The Morgan fingerprint density at radius 3 is 2.61 bits per heavy atom. The molecule has 2 aromatic rings. The summed E-state index contributed by atoms with van der Waals surface area (Å²) in [5, 5.41) is 2.97. The molecule has 90 valence electrons. The summed E-state index contributed by atoms with van der Waals surface area (Å²) in [7, 11) is 0. The van der Waals surface area contributed by atoms with Crippen molar-refractivity contribution in [2.24, 2.45) is 0 Å². The third-order valence-electron chi connectivity index (χ3n) is 2.41. The lowest BCUT2D eigenvalue weighted by atomic mass is 10.1. The number of aromatic nitrogens is 1. The van der Waals surface area contributed by atoms with Gasteiger partial charge in [0.25, 0.3) is 0 Å². The van der Waals surface area contributed by atoms with E-state index in [1.165, 1.54) is 6.08 Å². The van der Waals surface area contributed by atoms with Gasteiger partial charge in [0, 0.05) is 23.5 Å². The van der Waals surface area contributed by atoms with E-state index in [-0.39, 0.29) is 5.78 Å². The Bertz CT molecular complexity index is 562. The molecule has 3 nitrogen and oxygen atoms in total. The zero-order valence-electron chi connectivity index (χ0n) is 10.1. The van der Waals surface area contributed by atoms with E-state index in [2.05, 4.69) is 10.3 Å². The van der Waals surface area contributed by atoms with Crippen LogP contribution in [-0.2, 0) is 0 Å². The van der Waals surface area contributed by atoms with E-state index >= 15 is 0 Å². The van der Waals surface area contributed by atoms with Gasteiger partial charge >= 0.3 is 0 Å². The molecule has 0 atom stereocenters. The molecule has 0 amide bonds. The fourth-order valence-corrected chi connectivity index (χ4v) is 1.52. The molecule has 0 bridgehead atoms. The average Bonchev–Trinajstić information content (AvgIpc) is 2.40. The Morgan fingerprint density at radius 2 is 1.89 bits per heavy atom. The molecule has 2 rings (SSSR count). The molecule has 1 aromatic carbocycles. The summed E-state index contributed by atoms with van der Waals surface area (Å²) in [5.41, 5.74) is 1.61. The van der Waals surface area contributed by atoms with Crippen molar-refractivity contribution < 1.29 is 4.79 Å². The van der Waals surface area contributed by atoms with Crippen molar-refractivity contribution in [1.82, 2.24) is 4.98 Å². The number of benzene rings is 1. The van der Waals surface area contributed by atoms with Gasteiger partial charge < -0.3 is 5.32 Å². The Balaban J connectivity index is 1.98. The number of carbonyl (C=O) groups excluding carboxylic acids is 1. The minimum absolute atomic E-state index is 0.0317. The highest BCUT2D eigenvalue weighted by Crippen LogP contribution is 2.04. The second kappa shape index (κ2) is 5.77. The molecule has 0 radical (unpaired) electrons. The standard InChI is InChI=1S/C15H14N2O/c1-12-6-5-9-15(17-12)16-11-10-14(18)13-7-3-2-4-8-13/h2-11H,1H3,(H,16,17). The summed E-state index contributed by atoms with van der Waals surface area (Å²) in [6, 6.07) is 14.8. The fourth-order valence-electron chi connectivity index (χ4n) is 1.52. The quantitative estimate of drug-likeness (QED) is 0.657. The number of anilines is 1.